The van der Waals surface area contributed by atoms with Crippen LogP contribution < -0.4 is 14.2 Å². The van der Waals surface area contributed by atoms with E-state index in [1.807, 2.05) is 24.3 Å². The first-order chi connectivity index (χ1) is 13.8. The number of halogens is 3. The Morgan fingerprint density at radius 3 is 2.21 bits per heavy atom. The van der Waals surface area contributed by atoms with Crippen LogP contribution in [0, 0.1) is 0 Å². The summed E-state index contributed by atoms with van der Waals surface area (Å²) in [4.78, 5) is 2.73. The smallest absolute Gasteiger partial charge is 0.203 e. The van der Waals surface area contributed by atoms with Gasteiger partial charge in [0.2, 0.25) is 5.75 Å². The Labute approximate surface area is 191 Å². The molecule has 2 aromatic rings. The predicted octanol–water partition coefficient (Wildman–Crippen LogP) is 5.95. The van der Waals surface area contributed by atoms with E-state index in [4.69, 9.17) is 37.4 Å². The summed E-state index contributed by atoms with van der Waals surface area (Å²) in [5, 5.41) is 1.18. The molecule has 158 valence electrons. The molecule has 1 aliphatic heterocycles. The summed E-state index contributed by atoms with van der Waals surface area (Å²) in [6.45, 7) is 4.88. The average Bonchev–Trinajstić information content (AvgIpc) is 3.14. The third-order valence-corrected chi connectivity index (χ3v) is 7.38. The van der Waals surface area contributed by atoms with Gasteiger partial charge in [0.1, 0.15) is 0 Å². The molecule has 3 rings (SSSR count). The van der Waals surface area contributed by atoms with E-state index in [9.17, 15) is 0 Å². The fourth-order valence-corrected chi connectivity index (χ4v) is 5.07. The lowest BCUT2D eigenvalue weighted by molar-refractivity contribution is 0.297. The molecule has 2 aromatic carbocycles. The van der Waals surface area contributed by atoms with Gasteiger partial charge >= 0.3 is 0 Å². The SMILES string of the molecule is COc1cc(CN2CCC(c3ccc(Cl)c(Cl)c3)(C(C)Br)C2)cc(OC)c1OC. The summed E-state index contributed by atoms with van der Waals surface area (Å²) in [5.74, 6) is 1.95. The van der Waals surface area contributed by atoms with Crippen LogP contribution in [-0.2, 0) is 12.0 Å². The molecule has 0 amide bonds. The minimum Gasteiger partial charge on any atom is -0.493 e. The first-order valence-electron chi connectivity index (χ1n) is 9.45. The number of methoxy groups -OCH3 is 3. The number of hydrogen-bond donors (Lipinski definition) is 0. The summed E-state index contributed by atoms with van der Waals surface area (Å²) in [6, 6.07) is 10.0. The zero-order chi connectivity index (χ0) is 21.2. The Balaban J connectivity index is 1.86. The Morgan fingerprint density at radius 1 is 1.03 bits per heavy atom. The zero-order valence-corrected chi connectivity index (χ0v) is 20.2. The van der Waals surface area contributed by atoms with Gasteiger partial charge in [0.05, 0.1) is 31.4 Å². The van der Waals surface area contributed by atoms with E-state index in [2.05, 4.69) is 33.8 Å². The van der Waals surface area contributed by atoms with Crippen LogP contribution in [0.4, 0.5) is 0 Å². The summed E-state index contributed by atoms with van der Waals surface area (Å²) in [5.41, 5.74) is 2.30. The summed E-state index contributed by atoms with van der Waals surface area (Å²) >= 11 is 16.3. The van der Waals surface area contributed by atoms with E-state index < -0.39 is 0 Å². The third-order valence-electron chi connectivity index (χ3n) is 5.77. The van der Waals surface area contributed by atoms with Gasteiger partial charge in [-0.3, -0.25) is 4.90 Å². The van der Waals surface area contributed by atoms with Crippen LogP contribution in [0.2, 0.25) is 10.0 Å². The highest BCUT2D eigenvalue weighted by atomic mass is 79.9. The van der Waals surface area contributed by atoms with Gasteiger partial charge in [0.15, 0.2) is 11.5 Å². The summed E-state index contributed by atoms with van der Waals surface area (Å²) in [7, 11) is 4.89. The maximum Gasteiger partial charge on any atom is 0.203 e. The highest BCUT2D eigenvalue weighted by Crippen LogP contribution is 2.44. The lowest BCUT2D eigenvalue weighted by Crippen LogP contribution is -2.37. The molecule has 0 aromatic heterocycles. The van der Waals surface area contributed by atoms with Crippen molar-refractivity contribution in [3.05, 3.63) is 51.5 Å². The Kier molecular flexibility index (Phi) is 7.26. The average molecular weight is 503 g/mol. The maximum atomic E-state index is 6.32. The molecule has 7 heteroatoms. The predicted molar refractivity (Wildman–Crippen MR) is 123 cm³/mol. The molecule has 0 radical (unpaired) electrons. The number of benzene rings is 2. The van der Waals surface area contributed by atoms with Gasteiger partial charge in [-0.05, 0) is 48.4 Å². The molecular formula is C22H26BrCl2NO3. The minimum absolute atomic E-state index is 0.0329. The van der Waals surface area contributed by atoms with E-state index in [0.29, 0.717) is 27.3 Å². The van der Waals surface area contributed by atoms with Crippen molar-refractivity contribution in [1.29, 1.82) is 0 Å². The molecule has 1 fully saturated rings. The Hall–Kier alpha value is -1.14. The number of hydrogen-bond acceptors (Lipinski definition) is 4. The molecule has 1 aliphatic rings. The maximum absolute atomic E-state index is 6.32. The van der Waals surface area contributed by atoms with E-state index in [1.165, 1.54) is 5.56 Å². The summed E-state index contributed by atoms with van der Waals surface area (Å²) < 4.78 is 16.4. The topological polar surface area (TPSA) is 30.9 Å². The molecule has 4 nitrogen and oxygen atoms in total. The molecule has 1 saturated heterocycles. The van der Waals surface area contributed by atoms with Gasteiger partial charge in [-0.1, -0.05) is 52.1 Å². The Morgan fingerprint density at radius 2 is 1.69 bits per heavy atom. The molecule has 2 atom stereocenters. The largest absolute Gasteiger partial charge is 0.493 e. The van der Waals surface area contributed by atoms with E-state index >= 15 is 0 Å². The van der Waals surface area contributed by atoms with Crippen LogP contribution in [0.3, 0.4) is 0 Å². The van der Waals surface area contributed by atoms with Crippen molar-refractivity contribution in [2.45, 2.75) is 30.1 Å². The van der Waals surface area contributed by atoms with Crippen LogP contribution in [-0.4, -0.2) is 44.1 Å². The van der Waals surface area contributed by atoms with Gasteiger partial charge in [0, 0.05) is 23.3 Å². The van der Waals surface area contributed by atoms with Crippen molar-refractivity contribution in [2.75, 3.05) is 34.4 Å². The van der Waals surface area contributed by atoms with Gasteiger partial charge in [-0.15, -0.1) is 0 Å². The fraction of sp³-hybridized carbons (Fsp3) is 0.455. The van der Waals surface area contributed by atoms with Crippen LogP contribution in [0.25, 0.3) is 0 Å². The van der Waals surface area contributed by atoms with Gasteiger partial charge < -0.3 is 14.2 Å². The first kappa shape index (κ1) is 22.5. The monoisotopic (exact) mass is 501 g/mol. The molecule has 0 aliphatic carbocycles. The number of likely N-dealkylation sites (tertiary alicyclic amines) is 1. The molecule has 2 unspecified atom stereocenters. The second-order valence-electron chi connectivity index (χ2n) is 7.40. The molecule has 0 N–H and O–H groups in total. The second-order valence-corrected chi connectivity index (χ2v) is 9.58. The van der Waals surface area contributed by atoms with Crippen molar-refractivity contribution in [3.8, 4) is 17.2 Å². The minimum atomic E-state index is -0.0329. The van der Waals surface area contributed by atoms with E-state index in [-0.39, 0.29) is 10.2 Å². The van der Waals surface area contributed by atoms with Crippen LogP contribution in [0.5, 0.6) is 17.2 Å². The molecule has 29 heavy (non-hydrogen) atoms. The van der Waals surface area contributed by atoms with Crippen molar-refractivity contribution in [3.63, 3.8) is 0 Å². The zero-order valence-electron chi connectivity index (χ0n) is 17.1. The van der Waals surface area contributed by atoms with Crippen molar-refractivity contribution < 1.29 is 14.2 Å². The number of nitrogens with zero attached hydrogens (tertiary/aromatic N) is 1. The van der Waals surface area contributed by atoms with Crippen molar-refractivity contribution in [2.24, 2.45) is 0 Å². The molecule has 0 saturated carbocycles. The number of rotatable bonds is 7. The van der Waals surface area contributed by atoms with Crippen LogP contribution in [0.1, 0.15) is 24.5 Å². The van der Waals surface area contributed by atoms with Crippen molar-refractivity contribution in [1.82, 2.24) is 4.90 Å². The molecule has 1 heterocycles. The lowest BCUT2D eigenvalue weighted by atomic mass is 9.77. The van der Waals surface area contributed by atoms with Crippen LogP contribution in [0.15, 0.2) is 30.3 Å². The fourth-order valence-electron chi connectivity index (χ4n) is 4.13. The second kappa shape index (κ2) is 9.34. The molecular weight excluding hydrogens is 477 g/mol. The summed E-state index contributed by atoms with van der Waals surface area (Å²) in [6.07, 6.45) is 1.03. The van der Waals surface area contributed by atoms with E-state index in [0.717, 1.165) is 31.6 Å². The standard InChI is InChI=1S/C22H26BrCl2NO3/c1-14(23)22(16-5-6-17(24)18(25)11-16)7-8-26(13-22)12-15-9-19(27-2)21(29-4)20(10-15)28-3/h5-6,9-11,14H,7-8,12-13H2,1-4H3. The third kappa shape index (κ3) is 4.48. The Bertz CT molecular complexity index is 852. The van der Waals surface area contributed by atoms with Gasteiger partial charge in [0.25, 0.3) is 0 Å². The molecule has 0 spiro atoms. The first-order valence-corrected chi connectivity index (χ1v) is 11.1. The van der Waals surface area contributed by atoms with Gasteiger partial charge in [-0.25, -0.2) is 0 Å². The number of alkyl halides is 1. The van der Waals surface area contributed by atoms with E-state index in [1.54, 1.807) is 21.3 Å². The quantitative estimate of drug-likeness (QED) is 0.438. The highest BCUT2D eigenvalue weighted by Gasteiger charge is 2.43. The normalized spacial score (nSPS) is 20.5. The molecule has 0 bridgehead atoms. The number of ether oxygens (including phenoxy) is 3. The highest BCUT2D eigenvalue weighted by molar-refractivity contribution is 9.09. The van der Waals surface area contributed by atoms with Crippen molar-refractivity contribution >= 4 is 39.1 Å². The lowest BCUT2D eigenvalue weighted by Gasteiger charge is -2.33. The van der Waals surface area contributed by atoms with Crippen LogP contribution >= 0.6 is 39.1 Å². The van der Waals surface area contributed by atoms with Gasteiger partial charge in [-0.2, -0.15) is 0 Å².